The highest BCUT2D eigenvalue weighted by atomic mass is 16.5. The number of hydrogen-bond donors (Lipinski definition) is 0. The highest BCUT2D eigenvalue weighted by Crippen LogP contribution is 2.22. The molecule has 112 valence electrons. The Morgan fingerprint density at radius 3 is 1.91 bits per heavy atom. The van der Waals surface area contributed by atoms with E-state index in [0.29, 0.717) is 22.6 Å². The van der Waals surface area contributed by atoms with Crippen LogP contribution in [0.4, 0.5) is 0 Å². The lowest BCUT2D eigenvalue weighted by Crippen LogP contribution is -2.10. The highest BCUT2D eigenvalue weighted by Gasteiger charge is 2.16. The first-order valence-corrected chi connectivity index (χ1v) is 6.63. The average molecular weight is 296 g/mol. The Bertz CT molecular complexity index is 666. The van der Waals surface area contributed by atoms with Crippen molar-refractivity contribution in [1.82, 2.24) is 0 Å². The van der Waals surface area contributed by atoms with Gasteiger partial charge >= 0.3 is 5.97 Å². The van der Waals surface area contributed by atoms with Gasteiger partial charge < -0.3 is 14.2 Å². The Labute approximate surface area is 129 Å². The van der Waals surface area contributed by atoms with Crippen LogP contribution in [0.3, 0.4) is 0 Å². The standard InChI is InChI=1S/C18H16O4/c1-4-17(13-5-9-15(20-2)10-6-13)22-18(19)14-7-11-16(21-3)12-8-14/h1,5-12,17H,2-3H3/t17-/m1/s1. The monoisotopic (exact) mass is 296 g/mol. The summed E-state index contributed by atoms with van der Waals surface area (Å²) < 4.78 is 15.5. The molecule has 0 aliphatic rings. The predicted molar refractivity (Wildman–Crippen MR) is 83.0 cm³/mol. The summed E-state index contributed by atoms with van der Waals surface area (Å²) in [6, 6.07) is 13.7. The summed E-state index contributed by atoms with van der Waals surface area (Å²) in [4.78, 5) is 12.1. The number of rotatable bonds is 5. The van der Waals surface area contributed by atoms with E-state index in [0.717, 1.165) is 0 Å². The molecule has 2 aromatic rings. The molecule has 1 atom stereocenters. The Hall–Kier alpha value is -2.93. The summed E-state index contributed by atoms with van der Waals surface area (Å²) in [5.41, 5.74) is 1.12. The van der Waals surface area contributed by atoms with E-state index in [1.54, 1.807) is 62.8 Å². The van der Waals surface area contributed by atoms with E-state index in [-0.39, 0.29) is 0 Å². The van der Waals surface area contributed by atoms with Gasteiger partial charge in [0.1, 0.15) is 11.5 Å². The van der Waals surface area contributed by atoms with Gasteiger partial charge in [0, 0.05) is 5.56 Å². The highest BCUT2D eigenvalue weighted by molar-refractivity contribution is 5.89. The van der Waals surface area contributed by atoms with E-state index in [1.165, 1.54) is 0 Å². The van der Waals surface area contributed by atoms with E-state index in [2.05, 4.69) is 5.92 Å². The molecule has 0 aromatic heterocycles. The van der Waals surface area contributed by atoms with Crippen molar-refractivity contribution in [3.63, 3.8) is 0 Å². The maximum atomic E-state index is 12.1. The Kier molecular flexibility index (Phi) is 5.05. The number of ether oxygens (including phenoxy) is 3. The third kappa shape index (κ3) is 3.58. The van der Waals surface area contributed by atoms with Crippen molar-refractivity contribution < 1.29 is 19.0 Å². The second kappa shape index (κ2) is 7.19. The number of hydrogen-bond acceptors (Lipinski definition) is 4. The predicted octanol–water partition coefficient (Wildman–Crippen LogP) is 3.24. The number of carbonyl (C=O) groups excluding carboxylic acids is 1. The maximum Gasteiger partial charge on any atom is 0.339 e. The lowest BCUT2D eigenvalue weighted by Gasteiger charge is -2.13. The Morgan fingerprint density at radius 2 is 1.45 bits per heavy atom. The fourth-order valence-electron chi connectivity index (χ4n) is 1.88. The van der Waals surface area contributed by atoms with E-state index < -0.39 is 12.1 Å². The fourth-order valence-corrected chi connectivity index (χ4v) is 1.88. The average Bonchev–Trinajstić information content (AvgIpc) is 2.59. The van der Waals surface area contributed by atoms with Crippen LogP contribution in [-0.2, 0) is 4.74 Å². The van der Waals surface area contributed by atoms with Crippen LogP contribution in [0.2, 0.25) is 0 Å². The molecule has 4 nitrogen and oxygen atoms in total. The molecule has 2 aromatic carbocycles. The fraction of sp³-hybridized carbons (Fsp3) is 0.167. The molecule has 0 aliphatic carbocycles. The summed E-state index contributed by atoms with van der Waals surface area (Å²) in [5, 5.41) is 0. The molecular weight excluding hydrogens is 280 g/mol. The van der Waals surface area contributed by atoms with Crippen LogP contribution in [0.25, 0.3) is 0 Å². The van der Waals surface area contributed by atoms with Crippen molar-refractivity contribution in [3.05, 3.63) is 59.7 Å². The molecule has 0 amide bonds. The van der Waals surface area contributed by atoms with E-state index in [4.69, 9.17) is 20.6 Å². The van der Waals surface area contributed by atoms with Crippen molar-refractivity contribution in [3.8, 4) is 23.8 Å². The van der Waals surface area contributed by atoms with Crippen LogP contribution in [0.5, 0.6) is 11.5 Å². The van der Waals surface area contributed by atoms with Gasteiger partial charge in [0.2, 0.25) is 0 Å². The second-order valence-corrected chi connectivity index (χ2v) is 4.45. The van der Waals surface area contributed by atoms with Gasteiger partial charge in [-0.15, -0.1) is 6.42 Å². The number of carbonyl (C=O) groups is 1. The van der Waals surface area contributed by atoms with Crippen molar-refractivity contribution >= 4 is 5.97 Å². The molecule has 0 saturated carbocycles. The Balaban J connectivity index is 2.11. The minimum atomic E-state index is -0.750. The SMILES string of the molecule is C#C[C@@H](OC(=O)c1ccc(OC)cc1)c1ccc(OC)cc1. The van der Waals surface area contributed by atoms with Crippen LogP contribution < -0.4 is 9.47 Å². The first kappa shape index (κ1) is 15.5. The van der Waals surface area contributed by atoms with Gasteiger partial charge in [-0.3, -0.25) is 0 Å². The zero-order valence-corrected chi connectivity index (χ0v) is 12.4. The second-order valence-electron chi connectivity index (χ2n) is 4.45. The molecular formula is C18H16O4. The van der Waals surface area contributed by atoms with Crippen LogP contribution in [0, 0.1) is 12.3 Å². The van der Waals surface area contributed by atoms with Gasteiger partial charge in [0.15, 0.2) is 6.10 Å². The lowest BCUT2D eigenvalue weighted by molar-refractivity contribution is 0.0408. The van der Waals surface area contributed by atoms with Gasteiger partial charge in [0.05, 0.1) is 19.8 Å². The molecule has 0 fully saturated rings. The summed E-state index contributed by atoms with van der Waals surface area (Å²) in [6.07, 6.45) is 4.72. The summed E-state index contributed by atoms with van der Waals surface area (Å²) in [5.74, 6) is 3.36. The molecule has 0 aliphatic heterocycles. The maximum absolute atomic E-state index is 12.1. The molecule has 0 bridgehead atoms. The van der Waals surface area contributed by atoms with Crippen molar-refractivity contribution in [2.45, 2.75) is 6.10 Å². The molecule has 0 N–H and O–H groups in total. The number of benzene rings is 2. The van der Waals surface area contributed by atoms with Crippen LogP contribution >= 0.6 is 0 Å². The molecule has 0 radical (unpaired) electrons. The Morgan fingerprint density at radius 1 is 0.955 bits per heavy atom. The molecule has 2 rings (SSSR count). The van der Waals surface area contributed by atoms with Crippen molar-refractivity contribution in [2.75, 3.05) is 14.2 Å². The van der Waals surface area contributed by atoms with Crippen LogP contribution in [-0.4, -0.2) is 20.2 Å². The summed E-state index contributed by atoms with van der Waals surface area (Å²) in [7, 11) is 3.14. The lowest BCUT2D eigenvalue weighted by atomic mass is 10.1. The van der Waals surface area contributed by atoms with Crippen molar-refractivity contribution in [2.24, 2.45) is 0 Å². The van der Waals surface area contributed by atoms with Gasteiger partial charge in [0.25, 0.3) is 0 Å². The number of methoxy groups -OCH3 is 2. The molecule has 0 saturated heterocycles. The van der Waals surface area contributed by atoms with Gasteiger partial charge in [-0.25, -0.2) is 4.79 Å². The first-order chi connectivity index (χ1) is 10.7. The number of esters is 1. The minimum absolute atomic E-state index is 0.412. The molecule has 0 heterocycles. The zero-order valence-electron chi connectivity index (χ0n) is 12.4. The largest absolute Gasteiger partial charge is 0.497 e. The molecule has 22 heavy (non-hydrogen) atoms. The van der Waals surface area contributed by atoms with Gasteiger partial charge in [-0.05, 0) is 36.4 Å². The number of terminal acetylenes is 1. The minimum Gasteiger partial charge on any atom is -0.497 e. The zero-order chi connectivity index (χ0) is 15.9. The summed E-state index contributed by atoms with van der Waals surface area (Å²) >= 11 is 0. The molecule has 0 unspecified atom stereocenters. The normalized spacial score (nSPS) is 11.1. The molecule has 0 spiro atoms. The van der Waals surface area contributed by atoms with E-state index >= 15 is 0 Å². The van der Waals surface area contributed by atoms with E-state index in [9.17, 15) is 4.79 Å². The quantitative estimate of drug-likeness (QED) is 0.627. The third-order valence-electron chi connectivity index (χ3n) is 3.12. The topological polar surface area (TPSA) is 44.8 Å². The third-order valence-corrected chi connectivity index (χ3v) is 3.12. The smallest absolute Gasteiger partial charge is 0.339 e. The first-order valence-electron chi connectivity index (χ1n) is 6.63. The van der Waals surface area contributed by atoms with E-state index in [1.807, 2.05) is 0 Å². The van der Waals surface area contributed by atoms with Crippen LogP contribution in [0.15, 0.2) is 48.5 Å². The van der Waals surface area contributed by atoms with Gasteiger partial charge in [-0.1, -0.05) is 18.1 Å². The summed E-state index contributed by atoms with van der Waals surface area (Å²) in [6.45, 7) is 0. The van der Waals surface area contributed by atoms with Gasteiger partial charge in [-0.2, -0.15) is 0 Å². The molecule has 4 heteroatoms. The van der Waals surface area contributed by atoms with Crippen LogP contribution in [0.1, 0.15) is 22.0 Å². The van der Waals surface area contributed by atoms with Crippen molar-refractivity contribution in [1.29, 1.82) is 0 Å².